The molecule has 0 unspecified atom stereocenters. The first-order valence-electron chi connectivity index (χ1n) is 8.23. The standard InChI is InChI=1S/C20H24F2N2S/c1-13-5-10-17(21)16(18(13)22)12-24-19(25)23-11-14-6-8-15(9-7-14)20(2,3)4/h5-10H,11-12H2,1-4H3,(H2,23,24,25). The molecule has 2 N–H and O–H groups in total. The Morgan fingerprint density at radius 3 is 2.16 bits per heavy atom. The summed E-state index contributed by atoms with van der Waals surface area (Å²) in [6.07, 6.45) is 0. The van der Waals surface area contributed by atoms with E-state index in [0.29, 0.717) is 17.2 Å². The zero-order chi connectivity index (χ0) is 18.6. The molecule has 0 heterocycles. The number of hydrogen-bond donors (Lipinski definition) is 2. The number of aryl methyl sites for hydroxylation is 1. The van der Waals surface area contributed by atoms with E-state index in [4.69, 9.17) is 12.2 Å². The summed E-state index contributed by atoms with van der Waals surface area (Å²) in [7, 11) is 0. The first kappa shape index (κ1) is 19.3. The van der Waals surface area contributed by atoms with Crippen molar-refractivity contribution in [1.82, 2.24) is 10.6 Å². The van der Waals surface area contributed by atoms with E-state index in [1.165, 1.54) is 17.7 Å². The average molecular weight is 362 g/mol. The van der Waals surface area contributed by atoms with Crippen LogP contribution in [0.5, 0.6) is 0 Å². The fraction of sp³-hybridized carbons (Fsp3) is 0.350. The molecule has 0 spiro atoms. The molecule has 0 bridgehead atoms. The summed E-state index contributed by atoms with van der Waals surface area (Å²) < 4.78 is 27.7. The molecule has 0 atom stereocenters. The molecule has 0 aromatic heterocycles. The van der Waals surface area contributed by atoms with E-state index in [1.807, 2.05) is 0 Å². The molecule has 2 rings (SSSR count). The van der Waals surface area contributed by atoms with Crippen molar-refractivity contribution in [2.24, 2.45) is 0 Å². The van der Waals surface area contributed by atoms with E-state index in [1.54, 1.807) is 6.92 Å². The van der Waals surface area contributed by atoms with Crippen molar-refractivity contribution in [3.63, 3.8) is 0 Å². The molecule has 5 heteroatoms. The molecule has 2 aromatic rings. The van der Waals surface area contributed by atoms with Crippen LogP contribution in [0.15, 0.2) is 36.4 Å². The number of hydrogen-bond acceptors (Lipinski definition) is 1. The van der Waals surface area contributed by atoms with Crippen molar-refractivity contribution < 1.29 is 8.78 Å². The predicted octanol–water partition coefficient (Wildman–Crippen LogP) is 4.74. The number of rotatable bonds is 4. The predicted molar refractivity (Wildman–Crippen MR) is 103 cm³/mol. The third-order valence-electron chi connectivity index (χ3n) is 4.08. The maximum Gasteiger partial charge on any atom is 0.166 e. The molecule has 0 fully saturated rings. The maximum atomic E-state index is 14.0. The second kappa shape index (κ2) is 7.91. The van der Waals surface area contributed by atoms with Crippen molar-refractivity contribution in [3.05, 3.63) is 70.3 Å². The largest absolute Gasteiger partial charge is 0.359 e. The zero-order valence-electron chi connectivity index (χ0n) is 15.0. The normalized spacial score (nSPS) is 11.3. The van der Waals surface area contributed by atoms with Crippen LogP contribution in [-0.4, -0.2) is 5.11 Å². The molecule has 2 nitrogen and oxygen atoms in total. The summed E-state index contributed by atoms with van der Waals surface area (Å²) in [4.78, 5) is 0. The highest BCUT2D eigenvalue weighted by Crippen LogP contribution is 2.22. The van der Waals surface area contributed by atoms with E-state index in [9.17, 15) is 8.78 Å². The SMILES string of the molecule is Cc1ccc(F)c(CNC(=S)NCc2ccc(C(C)(C)C)cc2)c1F. The van der Waals surface area contributed by atoms with Crippen LogP contribution >= 0.6 is 12.2 Å². The van der Waals surface area contributed by atoms with E-state index in [2.05, 4.69) is 55.7 Å². The summed E-state index contributed by atoms with van der Waals surface area (Å²) in [6.45, 7) is 8.67. The second-order valence-corrected chi connectivity index (χ2v) is 7.55. The minimum atomic E-state index is -0.573. The Balaban J connectivity index is 1.88. The minimum Gasteiger partial charge on any atom is -0.359 e. The molecular formula is C20H24F2N2S. The van der Waals surface area contributed by atoms with Crippen molar-refractivity contribution >= 4 is 17.3 Å². The van der Waals surface area contributed by atoms with Crippen LogP contribution in [0.1, 0.15) is 43.0 Å². The van der Waals surface area contributed by atoms with Gasteiger partial charge in [-0.05, 0) is 47.3 Å². The molecule has 0 saturated heterocycles. The van der Waals surface area contributed by atoms with Crippen LogP contribution in [0.2, 0.25) is 0 Å². The summed E-state index contributed by atoms with van der Waals surface area (Å²) in [5.41, 5.74) is 2.88. The first-order valence-corrected chi connectivity index (χ1v) is 8.64. The highest BCUT2D eigenvalue weighted by Gasteiger charge is 2.13. The molecule has 0 aliphatic heterocycles. The van der Waals surface area contributed by atoms with Crippen LogP contribution in [0.4, 0.5) is 8.78 Å². The lowest BCUT2D eigenvalue weighted by molar-refractivity contribution is 0.545. The van der Waals surface area contributed by atoms with E-state index in [-0.39, 0.29) is 17.5 Å². The van der Waals surface area contributed by atoms with Crippen LogP contribution in [-0.2, 0) is 18.5 Å². The lowest BCUT2D eigenvalue weighted by Gasteiger charge is -2.19. The number of halogens is 2. The van der Waals surface area contributed by atoms with Gasteiger partial charge in [-0.25, -0.2) is 8.78 Å². The van der Waals surface area contributed by atoms with Gasteiger partial charge < -0.3 is 10.6 Å². The van der Waals surface area contributed by atoms with Crippen molar-refractivity contribution in [3.8, 4) is 0 Å². The second-order valence-electron chi connectivity index (χ2n) is 7.14. The van der Waals surface area contributed by atoms with Gasteiger partial charge in [-0.3, -0.25) is 0 Å². The maximum absolute atomic E-state index is 14.0. The quantitative estimate of drug-likeness (QED) is 0.769. The molecule has 134 valence electrons. The number of nitrogens with one attached hydrogen (secondary N) is 2. The van der Waals surface area contributed by atoms with Crippen LogP contribution in [0.3, 0.4) is 0 Å². The highest BCUT2D eigenvalue weighted by atomic mass is 32.1. The Morgan fingerprint density at radius 2 is 1.56 bits per heavy atom. The Kier molecular flexibility index (Phi) is 6.11. The Labute approximate surface area is 153 Å². The van der Waals surface area contributed by atoms with Crippen molar-refractivity contribution in [2.45, 2.75) is 46.2 Å². The third kappa shape index (κ3) is 5.23. The molecule has 0 saturated carbocycles. The molecular weight excluding hydrogens is 338 g/mol. The van der Waals surface area contributed by atoms with E-state index < -0.39 is 11.6 Å². The van der Waals surface area contributed by atoms with Gasteiger partial charge >= 0.3 is 0 Å². The van der Waals surface area contributed by atoms with Crippen molar-refractivity contribution in [1.29, 1.82) is 0 Å². The molecule has 2 aromatic carbocycles. The van der Waals surface area contributed by atoms with Gasteiger partial charge in [-0.1, -0.05) is 51.1 Å². The first-order chi connectivity index (χ1) is 11.7. The van der Waals surface area contributed by atoms with E-state index in [0.717, 1.165) is 5.56 Å². The van der Waals surface area contributed by atoms with Gasteiger partial charge in [0.25, 0.3) is 0 Å². The number of thiocarbonyl (C=S) groups is 1. The van der Waals surface area contributed by atoms with Gasteiger partial charge in [0, 0.05) is 18.7 Å². The summed E-state index contributed by atoms with van der Waals surface area (Å²) >= 11 is 5.19. The molecule has 0 amide bonds. The fourth-order valence-corrected chi connectivity index (χ4v) is 2.56. The zero-order valence-corrected chi connectivity index (χ0v) is 15.9. The van der Waals surface area contributed by atoms with Gasteiger partial charge in [-0.15, -0.1) is 0 Å². The highest BCUT2D eigenvalue weighted by molar-refractivity contribution is 7.80. The Bertz CT molecular complexity index is 750. The molecule has 0 aliphatic rings. The van der Waals surface area contributed by atoms with Gasteiger partial charge in [0.1, 0.15) is 11.6 Å². The molecule has 25 heavy (non-hydrogen) atoms. The Hall–Kier alpha value is -2.01. The monoisotopic (exact) mass is 362 g/mol. The third-order valence-corrected chi connectivity index (χ3v) is 4.37. The lowest BCUT2D eigenvalue weighted by atomic mass is 9.87. The minimum absolute atomic E-state index is 0.00122. The number of benzene rings is 2. The van der Waals surface area contributed by atoms with Gasteiger partial charge in [0.15, 0.2) is 5.11 Å². The topological polar surface area (TPSA) is 24.1 Å². The van der Waals surface area contributed by atoms with Gasteiger partial charge in [-0.2, -0.15) is 0 Å². The lowest BCUT2D eigenvalue weighted by Crippen LogP contribution is -2.34. The van der Waals surface area contributed by atoms with E-state index >= 15 is 0 Å². The van der Waals surface area contributed by atoms with Crippen LogP contribution in [0, 0.1) is 18.6 Å². The Morgan fingerprint density at radius 1 is 0.960 bits per heavy atom. The fourth-order valence-electron chi connectivity index (χ4n) is 2.41. The molecule has 0 aliphatic carbocycles. The summed E-state index contributed by atoms with van der Waals surface area (Å²) in [6, 6.07) is 11.0. The van der Waals surface area contributed by atoms with Gasteiger partial charge in [0.2, 0.25) is 0 Å². The molecule has 0 radical (unpaired) electrons. The smallest absolute Gasteiger partial charge is 0.166 e. The summed E-state index contributed by atoms with van der Waals surface area (Å²) in [5.74, 6) is -1.11. The van der Waals surface area contributed by atoms with Crippen LogP contribution < -0.4 is 10.6 Å². The van der Waals surface area contributed by atoms with Gasteiger partial charge in [0.05, 0.1) is 0 Å². The summed E-state index contributed by atoms with van der Waals surface area (Å²) in [5, 5.41) is 6.27. The average Bonchev–Trinajstić information content (AvgIpc) is 2.56. The van der Waals surface area contributed by atoms with Crippen LogP contribution in [0.25, 0.3) is 0 Å². The van der Waals surface area contributed by atoms with Crippen molar-refractivity contribution in [2.75, 3.05) is 0 Å².